The SMILES string of the molecule is C=Cc1ccc(-c2cc3sc(-c4ccc(C)cc4)cc3s2)cc1. The zero-order valence-corrected chi connectivity index (χ0v) is 14.5. The maximum Gasteiger partial charge on any atom is 0.0463 e. The number of rotatable bonds is 3. The van der Waals surface area contributed by atoms with E-state index in [0.717, 1.165) is 5.56 Å². The molecule has 2 heteroatoms. The molecule has 0 fully saturated rings. The molecule has 0 saturated heterocycles. The van der Waals surface area contributed by atoms with E-state index in [0.29, 0.717) is 0 Å². The smallest absolute Gasteiger partial charge is 0.0463 e. The second-order valence-corrected chi connectivity index (χ2v) is 7.81. The molecule has 0 bridgehead atoms. The third-order valence-electron chi connectivity index (χ3n) is 3.97. The van der Waals surface area contributed by atoms with E-state index in [4.69, 9.17) is 0 Å². The summed E-state index contributed by atoms with van der Waals surface area (Å²) < 4.78 is 2.74. The van der Waals surface area contributed by atoms with Gasteiger partial charge in [0.05, 0.1) is 0 Å². The summed E-state index contributed by atoms with van der Waals surface area (Å²) in [5, 5.41) is 0. The lowest BCUT2D eigenvalue weighted by Crippen LogP contribution is -1.74. The summed E-state index contributed by atoms with van der Waals surface area (Å²) >= 11 is 3.74. The van der Waals surface area contributed by atoms with Gasteiger partial charge in [-0.25, -0.2) is 0 Å². The van der Waals surface area contributed by atoms with Gasteiger partial charge in [0.25, 0.3) is 0 Å². The molecule has 4 rings (SSSR count). The minimum Gasteiger partial charge on any atom is -0.134 e. The zero-order chi connectivity index (χ0) is 15.8. The number of hydrogen-bond acceptors (Lipinski definition) is 2. The van der Waals surface area contributed by atoms with Gasteiger partial charge >= 0.3 is 0 Å². The van der Waals surface area contributed by atoms with Crippen LogP contribution in [0.1, 0.15) is 11.1 Å². The molecule has 0 unspecified atom stereocenters. The minimum absolute atomic E-state index is 1.16. The van der Waals surface area contributed by atoms with Crippen molar-refractivity contribution in [2.75, 3.05) is 0 Å². The van der Waals surface area contributed by atoms with Crippen molar-refractivity contribution in [1.82, 2.24) is 0 Å². The lowest BCUT2D eigenvalue weighted by molar-refractivity contribution is 1.48. The molecule has 0 atom stereocenters. The normalized spacial score (nSPS) is 11.0. The lowest BCUT2D eigenvalue weighted by atomic mass is 10.1. The summed E-state index contributed by atoms with van der Waals surface area (Å²) in [4.78, 5) is 2.68. The van der Waals surface area contributed by atoms with Gasteiger partial charge in [-0.1, -0.05) is 66.7 Å². The van der Waals surface area contributed by atoms with E-state index in [-0.39, 0.29) is 0 Å². The van der Waals surface area contributed by atoms with E-state index in [2.05, 4.69) is 74.2 Å². The van der Waals surface area contributed by atoms with Crippen LogP contribution in [0.2, 0.25) is 0 Å². The first-order chi connectivity index (χ1) is 11.2. The van der Waals surface area contributed by atoms with Gasteiger partial charge in [0.15, 0.2) is 0 Å². The summed E-state index contributed by atoms with van der Waals surface area (Å²) in [6.07, 6.45) is 1.88. The predicted octanol–water partition coefficient (Wildman–Crippen LogP) is 7.25. The van der Waals surface area contributed by atoms with Crippen molar-refractivity contribution in [2.45, 2.75) is 6.92 Å². The predicted molar refractivity (Wildman–Crippen MR) is 105 cm³/mol. The molecule has 0 N–H and O–H groups in total. The van der Waals surface area contributed by atoms with Gasteiger partial charge in [0.1, 0.15) is 0 Å². The highest BCUT2D eigenvalue weighted by atomic mass is 32.1. The highest BCUT2D eigenvalue weighted by molar-refractivity contribution is 7.31. The molecule has 0 aliphatic rings. The Kier molecular flexibility index (Phi) is 3.64. The van der Waals surface area contributed by atoms with Gasteiger partial charge < -0.3 is 0 Å². The molecular formula is C21H16S2. The molecule has 0 saturated carbocycles. The Morgan fingerprint density at radius 2 is 1.22 bits per heavy atom. The van der Waals surface area contributed by atoms with Crippen LogP contribution in [0, 0.1) is 6.92 Å². The highest BCUT2D eigenvalue weighted by Gasteiger charge is 2.09. The molecule has 0 spiro atoms. The molecule has 2 heterocycles. The Hall–Kier alpha value is -2.16. The van der Waals surface area contributed by atoms with E-state index in [1.54, 1.807) is 0 Å². The Morgan fingerprint density at radius 1 is 0.739 bits per heavy atom. The lowest BCUT2D eigenvalue weighted by Gasteiger charge is -1.99. The maximum absolute atomic E-state index is 3.81. The summed E-state index contributed by atoms with van der Waals surface area (Å²) in [6, 6.07) is 22.0. The monoisotopic (exact) mass is 332 g/mol. The Labute approximate surface area is 144 Å². The molecular weight excluding hydrogens is 316 g/mol. The fourth-order valence-electron chi connectivity index (χ4n) is 2.62. The third kappa shape index (κ3) is 2.76. The third-order valence-corrected chi connectivity index (χ3v) is 6.37. The van der Waals surface area contributed by atoms with E-state index in [1.165, 1.54) is 35.8 Å². The van der Waals surface area contributed by atoms with Crippen LogP contribution in [0.4, 0.5) is 0 Å². The Morgan fingerprint density at radius 3 is 1.70 bits per heavy atom. The quantitative estimate of drug-likeness (QED) is 0.370. The van der Waals surface area contributed by atoms with Crippen molar-refractivity contribution in [3.8, 4) is 20.9 Å². The van der Waals surface area contributed by atoms with E-state index < -0.39 is 0 Å². The molecule has 112 valence electrons. The van der Waals surface area contributed by atoms with Crippen LogP contribution in [0.25, 0.3) is 36.4 Å². The van der Waals surface area contributed by atoms with Crippen LogP contribution in [-0.4, -0.2) is 0 Å². The van der Waals surface area contributed by atoms with Gasteiger partial charge in [-0.3, -0.25) is 0 Å². The largest absolute Gasteiger partial charge is 0.134 e. The minimum atomic E-state index is 1.16. The molecule has 0 nitrogen and oxygen atoms in total. The van der Waals surface area contributed by atoms with E-state index in [1.807, 2.05) is 28.7 Å². The molecule has 0 radical (unpaired) electrons. The molecule has 0 amide bonds. The van der Waals surface area contributed by atoms with Crippen molar-refractivity contribution >= 4 is 38.1 Å². The molecule has 2 aromatic carbocycles. The Balaban J connectivity index is 1.70. The van der Waals surface area contributed by atoms with Gasteiger partial charge in [-0.15, -0.1) is 22.7 Å². The van der Waals surface area contributed by atoms with Crippen LogP contribution in [0.3, 0.4) is 0 Å². The second kappa shape index (κ2) is 5.80. The number of benzene rings is 2. The number of fused-ring (bicyclic) bond motifs is 1. The first kappa shape index (κ1) is 14.4. The van der Waals surface area contributed by atoms with Gasteiger partial charge in [-0.05, 0) is 35.7 Å². The zero-order valence-electron chi connectivity index (χ0n) is 12.9. The molecule has 2 aromatic heterocycles. The van der Waals surface area contributed by atoms with Crippen molar-refractivity contribution in [3.63, 3.8) is 0 Å². The topological polar surface area (TPSA) is 0 Å². The summed E-state index contributed by atoms with van der Waals surface area (Å²) in [6.45, 7) is 5.93. The summed E-state index contributed by atoms with van der Waals surface area (Å²) in [5.41, 5.74) is 5.05. The van der Waals surface area contributed by atoms with Crippen molar-refractivity contribution in [3.05, 3.63) is 78.4 Å². The fourth-order valence-corrected chi connectivity index (χ4v) is 5.03. The van der Waals surface area contributed by atoms with Gasteiger partial charge in [-0.2, -0.15) is 0 Å². The average molecular weight is 332 g/mol. The number of thiophene rings is 2. The van der Waals surface area contributed by atoms with Crippen LogP contribution in [0.15, 0.2) is 67.2 Å². The average Bonchev–Trinajstić information content (AvgIpc) is 3.14. The standard InChI is InChI=1S/C21H16S2/c1-3-15-6-10-17(11-7-15)19-13-21-20(23-19)12-18(22-21)16-8-4-14(2)5-9-16/h3-13H,1H2,2H3. The first-order valence-corrected chi connectivity index (χ1v) is 9.19. The second-order valence-electron chi connectivity index (χ2n) is 5.64. The van der Waals surface area contributed by atoms with Gasteiger partial charge in [0.2, 0.25) is 0 Å². The van der Waals surface area contributed by atoms with Crippen LogP contribution >= 0.6 is 22.7 Å². The fraction of sp³-hybridized carbons (Fsp3) is 0.0476. The highest BCUT2D eigenvalue weighted by Crippen LogP contribution is 2.41. The van der Waals surface area contributed by atoms with Crippen LogP contribution in [0.5, 0.6) is 0 Å². The summed E-state index contributed by atoms with van der Waals surface area (Å²) in [7, 11) is 0. The molecule has 23 heavy (non-hydrogen) atoms. The molecule has 0 aliphatic carbocycles. The maximum atomic E-state index is 3.81. The van der Waals surface area contributed by atoms with Crippen molar-refractivity contribution < 1.29 is 0 Å². The van der Waals surface area contributed by atoms with Crippen LogP contribution in [-0.2, 0) is 0 Å². The van der Waals surface area contributed by atoms with E-state index >= 15 is 0 Å². The molecule has 0 aliphatic heterocycles. The van der Waals surface area contributed by atoms with Crippen LogP contribution < -0.4 is 0 Å². The van der Waals surface area contributed by atoms with E-state index in [9.17, 15) is 0 Å². The van der Waals surface area contributed by atoms with Crippen molar-refractivity contribution in [1.29, 1.82) is 0 Å². The summed E-state index contributed by atoms with van der Waals surface area (Å²) in [5.74, 6) is 0. The Bertz CT molecular complexity index is 936. The number of aryl methyl sites for hydroxylation is 1. The van der Waals surface area contributed by atoms with Crippen molar-refractivity contribution in [2.24, 2.45) is 0 Å². The number of hydrogen-bond donors (Lipinski definition) is 0. The first-order valence-electron chi connectivity index (χ1n) is 7.56. The van der Waals surface area contributed by atoms with Gasteiger partial charge in [0, 0.05) is 19.2 Å². The molecule has 4 aromatic rings.